The van der Waals surface area contributed by atoms with Crippen molar-refractivity contribution in [2.75, 3.05) is 19.4 Å². The molecule has 1 aliphatic rings. The lowest BCUT2D eigenvalue weighted by molar-refractivity contribution is -0.128. The van der Waals surface area contributed by atoms with Crippen LogP contribution in [0.1, 0.15) is 22.6 Å². The Bertz CT molecular complexity index is 732. The summed E-state index contributed by atoms with van der Waals surface area (Å²) in [6, 6.07) is 5.48. The summed E-state index contributed by atoms with van der Waals surface area (Å²) >= 11 is 1.50. The Morgan fingerprint density at radius 3 is 2.83 bits per heavy atom. The predicted octanol–water partition coefficient (Wildman–Crippen LogP) is 1.59. The summed E-state index contributed by atoms with van der Waals surface area (Å²) in [7, 11) is 1.33. The number of pyridine rings is 1. The Balaban J connectivity index is 1.65. The molecule has 3 rings (SSSR count). The fourth-order valence-electron chi connectivity index (χ4n) is 2.55. The molecule has 0 atom stereocenters. The van der Waals surface area contributed by atoms with E-state index in [1.807, 2.05) is 17.0 Å². The smallest absolute Gasteiger partial charge is 0.358 e. The van der Waals surface area contributed by atoms with Gasteiger partial charge in [0, 0.05) is 30.4 Å². The number of esters is 1. The summed E-state index contributed by atoms with van der Waals surface area (Å²) in [5, 5.41) is 4.26. The molecule has 0 N–H and O–H groups in total. The molecule has 24 heavy (non-hydrogen) atoms. The summed E-state index contributed by atoms with van der Waals surface area (Å²) in [6.45, 7) is 1.83. The maximum absolute atomic E-state index is 12.5. The molecule has 1 aliphatic heterocycles. The van der Waals surface area contributed by atoms with Gasteiger partial charge >= 0.3 is 5.97 Å². The highest BCUT2D eigenvalue weighted by molar-refractivity contribution is 8.00. The lowest BCUT2D eigenvalue weighted by atomic mass is 10.3. The zero-order chi connectivity index (χ0) is 16.9. The number of amides is 1. The van der Waals surface area contributed by atoms with Gasteiger partial charge in [-0.05, 0) is 24.6 Å². The number of methoxy groups -OCH3 is 1. The van der Waals surface area contributed by atoms with E-state index in [-0.39, 0.29) is 11.6 Å². The zero-order valence-corrected chi connectivity index (χ0v) is 14.2. The van der Waals surface area contributed by atoms with Crippen molar-refractivity contribution in [2.24, 2.45) is 0 Å². The van der Waals surface area contributed by atoms with Crippen molar-refractivity contribution in [1.29, 1.82) is 0 Å². The normalized spacial score (nSPS) is 14.0. The Kier molecular flexibility index (Phi) is 5.14. The first-order valence-corrected chi connectivity index (χ1v) is 8.61. The summed E-state index contributed by atoms with van der Waals surface area (Å²) in [6.07, 6.45) is 4.23. The van der Waals surface area contributed by atoms with Gasteiger partial charge in [-0.15, -0.1) is 11.8 Å². The van der Waals surface area contributed by atoms with Crippen LogP contribution < -0.4 is 0 Å². The van der Waals surface area contributed by atoms with E-state index in [1.165, 1.54) is 18.9 Å². The van der Waals surface area contributed by atoms with E-state index in [0.717, 1.165) is 17.0 Å². The summed E-state index contributed by atoms with van der Waals surface area (Å²) in [4.78, 5) is 30.9. The maximum atomic E-state index is 12.5. The van der Waals surface area contributed by atoms with Crippen LogP contribution in [0, 0.1) is 0 Å². The number of ether oxygens (including phenoxy) is 1. The van der Waals surface area contributed by atoms with Gasteiger partial charge in [-0.2, -0.15) is 5.10 Å². The molecule has 0 aromatic carbocycles. The van der Waals surface area contributed by atoms with Gasteiger partial charge < -0.3 is 9.64 Å². The standard InChI is InChI=1S/C16H18N4O3S/c1-23-16(22)14-9-12-10-19(7-2-8-20(12)18-14)15(21)11-24-13-3-5-17-6-4-13/h3-6,9H,2,7-8,10-11H2,1H3. The van der Waals surface area contributed by atoms with Crippen LogP contribution in [0.25, 0.3) is 0 Å². The van der Waals surface area contributed by atoms with Gasteiger partial charge in [0.15, 0.2) is 5.69 Å². The van der Waals surface area contributed by atoms with Crippen LogP contribution >= 0.6 is 11.8 Å². The van der Waals surface area contributed by atoms with Crippen molar-refractivity contribution in [3.63, 3.8) is 0 Å². The summed E-state index contributed by atoms with van der Waals surface area (Å²) in [5.74, 6) is -0.00470. The number of fused-ring (bicyclic) bond motifs is 1. The van der Waals surface area contributed by atoms with Crippen LogP contribution in [0.3, 0.4) is 0 Å². The minimum atomic E-state index is -0.457. The molecule has 1 amide bonds. The fraction of sp³-hybridized carbons (Fsp3) is 0.375. The van der Waals surface area contributed by atoms with Gasteiger partial charge in [-0.3, -0.25) is 14.5 Å². The molecule has 0 radical (unpaired) electrons. The average Bonchev–Trinajstić information content (AvgIpc) is 2.91. The van der Waals surface area contributed by atoms with Crippen molar-refractivity contribution < 1.29 is 14.3 Å². The first-order valence-electron chi connectivity index (χ1n) is 7.63. The van der Waals surface area contributed by atoms with Crippen molar-refractivity contribution >= 4 is 23.6 Å². The third-order valence-corrected chi connectivity index (χ3v) is 4.77. The van der Waals surface area contributed by atoms with Gasteiger partial charge in [-0.1, -0.05) is 0 Å². The lowest BCUT2D eigenvalue weighted by Gasteiger charge is -2.19. The van der Waals surface area contributed by atoms with Crippen LogP contribution in [0.2, 0.25) is 0 Å². The Hall–Kier alpha value is -2.35. The average molecular weight is 346 g/mol. The summed E-state index contributed by atoms with van der Waals surface area (Å²) in [5.41, 5.74) is 1.14. The van der Waals surface area contributed by atoms with Gasteiger partial charge in [0.05, 0.1) is 25.1 Å². The molecule has 0 saturated heterocycles. The second-order valence-corrected chi connectivity index (χ2v) is 6.42. The van der Waals surface area contributed by atoms with Crippen LogP contribution in [0.5, 0.6) is 0 Å². The van der Waals surface area contributed by atoms with Crippen molar-refractivity contribution in [1.82, 2.24) is 19.7 Å². The largest absolute Gasteiger partial charge is 0.464 e. The quantitative estimate of drug-likeness (QED) is 0.618. The number of rotatable bonds is 4. The zero-order valence-electron chi connectivity index (χ0n) is 13.3. The second-order valence-electron chi connectivity index (χ2n) is 5.38. The molecule has 2 aromatic heterocycles. The molecule has 0 aliphatic carbocycles. The maximum Gasteiger partial charge on any atom is 0.358 e. The molecule has 2 aromatic rings. The molecule has 0 unspecified atom stereocenters. The number of aryl methyl sites for hydroxylation is 1. The molecule has 3 heterocycles. The van der Waals surface area contributed by atoms with Crippen LogP contribution in [-0.2, 0) is 22.6 Å². The molecular formula is C16H18N4O3S. The SMILES string of the molecule is COC(=O)c1cc2n(n1)CCCN(C(=O)CSc1ccncc1)C2. The van der Waals surface area contributed by atoms with Gasteiger partial charge in [-0.25, -0.2) is 4.79 Å². The van der Waals surface area contributed by atoms with E-state index in [4.69, 9.17) is 4.74 Å². The molecule has 0 bridgehead atoms. The van der Waals surface area contributed by atoms with Crippen molar-refractivity contribution in [2.45, 2.75) is 24.4 Å². The third-order valence-electron chi connectivity index (χ3n) is 3.77. The number of hydrogen-bond acceptors (Lipinski definition) is 6. The number of carbonyl (C=O) groups is 2. The predicted molar refractivity (Wildman–Crippen MR) is 88.6 cm³/mol. The molecule has 0 saturated carbocycles. The van der Waals surface area contributed by atoms with Crippen molar-refractivity contribution in [3.05, 3.63) is 42.0 Å². The highest BCUT2D eigenvalue weighted by Gasteiger charge is 2.22. The molecule has 0 spiro atoms. The minimum absolute atomic E-state index is 0.0751. The lowest BCUT2D eigenvalue weighted by Crippen LogP contribution is -2.32. The van der Waals surface area contributed by atoms with E-state index in [9.17, 15) is 9.59 Å². The third kappa shape index (κ3) is 3.76. The van der Waals surface area contributed by atoms with Crippen LogP contribution in [-0.4, -0.2) is 50.9 Å². The molecule has 126 valence electrons. The Morgan fingerprint density at radius 2 is 2.08 bits per heavy atom. The molecule has 0 fully saturated rings. The van der Waals surface area contributed by atoms with Crippen molar-refractivity contribution in [3.8, 4) is 0 Å². The second kappa shape index (κ2) is 7.48. The first-order chi connectivity index (χ1) is 11.7. The highest BCUT2D eigenvalue weighted by atomic mass is 32.2. The fourth-order valence-corrected chi connectivity index (χ4v) is 3.34. The van der Waals surface area contributed by atoms with Crippen LogP contribution in [0.4, 0.5) is 0 Å². The van der Waals surface area contributed by atoms with E-state index >= 15 is 0 Å². The van der Waals surface area contributed by atoms with Gasteiger partial charge in [0.2, 0.25) is 5.91 Å². The number of aromatic nitrogens is 3. The minimum Gasteiger partial charge on any atom is -0.464 e. The number of carbonyl (C=O) groups excluding carboxylic acids is 2. The van der Waals surface area contributed by atoms with Crippen LogP contribution in [0.15, 0.2) is 35.5 Å². The highest BCUT2D eigenvalue weighted by Crippen LogP contribution is 2.19. The summed E-state index contributed by atoms with van der Waals surface area (Å²) < 4.78 is 6.49. The Labute approximate surface area is 144 Å². The molecule has 8 heteroatoms. The van der Waals surface area contributed by atoms with E-state index in [2.05, 4.69) is 10.1 Å². The number of hydrogen-bond donors (Lipinski definition) is 0. The van der Waals surface area contributed by atoms with E-state index in [1.54, 1.807) is 23.1 Å². The molecule has 7 nitrogen and oxygen atoms in total. The number of nitrogens with zero attached hydrogens (tertiary/aromatic N) is 4. The van der Waals surface area contributed by atoms with Gasteiger partial charge in [0.25, 0.3) is 0 Å². The topological polar surface area (TPSA) is 77.3 Å². The van der Waals surface area contributed by atoms with E-state index in [0.29, 0.717) is 25.4 Å². The molecular weight excluding hydrogens is 328 g/mol. The van der Waals surface area contributed by atoms with E-state index < -0.39 is 5.97 Å². The first kappa shape index (κ1) is 16.5. The Morgan fingerprint density at radius 1 is 1.29 bits per heavy atom. The number of thioether (sulfide) groups is 1. The van der Waals surface area contributed by atoms with Gasteiger partial charge in [0.1, 0.15) is 0 Å². The monoisotopic (exact) mass is 346 g/mol.